The van der Waals surface area contributed by atoms with E-state index in [1.54, 1.807) is 23.7 Å². The van der Waals surface area contributed by atoms with Gasteiger partial charge in [-0.2, -0.15) is 0 Å². The maximum absolute atomic E-state index is 12.3. The molecule has 4 aromatic rings. The van der Waals surface area contributed by atoms with E-state index in [0.717, 1.165) is 15.3 Å². The standard InChI is InChI=1S/C17H13N5O2S2/c23-14(21-16-18-5-8-25-16)10-19-15(24)11-3-4-12-13(9-11)26-17(20-12)22-6-1-2-7-22/h1-9H,10H2,(H,19,24)(H,18,21,23). The van der Waals surface area contributed by atoms with Crippen LogP contribution in [0.3, 0.4) is 0 Å². The van der Waals surface area contributed by atoms with Crippen LogP contribution in [-0.2, 0) is 4.79 Å². The lowest BCUT2D eigenvalue weighted by Gasteiger charge is -2.05. The molecule has 0 saturated carbocycles. The summed E-state index contributed by atoms with van der Waals surface area (Å²) in [4.78, 5) is 32.6. The maximum atomic E-state index is 12.3. The molecule has 0 aliphatic heterocycles. The van der Waals surface area contributed by atoms with Gasteiger partial charge in [0.1, 0.15) is 0 Å². The Balaban J connectivity index is 1.44. The van der Waals surface area contributed by atoms with Crippen molar-refractivity contribution in [3.8, 4) is 5.13 Å². The average Bonchev–Trinajstić information content (AvgIpc) is 3.39. The van der Waals surface area contributed by atoms with Gasteiger partial charge in [-0.3, -0.25) is 9.59 Å². The quantitative estimate of drug-likeness (QED) is 0.555. The minimum atomic E-state index is -0.318. The van der Waals surface area contributed by atoms with Crippen LogP contribution in [0.4, 0.5) is 5.13 Å². The molecule has 4 rings (SSSR count). The van der Waals surface area contributed by atoms with Crippen LogP contribution in [0.15, 0.2) is 54.3 Å². The average molecular weight is 383 g/mol. The number of carbonyl (C=O) groups excluding carboxylic acids is 2. The molecule has 7 nitrogen and oxygen atoms in total. The van der Waals surface area contributed by atoms with E-state index in [1.165, 1.54) is 22.7 Å². The van der Waals surface area contributed by atoms with Gasteiger partial charge < -0.3 is 15.2 Å². The zero-order valence-electron chi connectivity index (χ0n) is 13.4. The van der Waals surface area contributed by atoms with Crippen LogP contribution in [0.1, 0.15) is 10.4 Å². The maximum Gasteiger partial charge on any atom is 0.251 e. The van der Waals surface area contributed by atoms with E-state index in [4.69, 9.17) is 0 Å². The number of hydrogen-bond donors (Lipinski definition) is 2. The summed E-state index contributed by atoms with van der Waals surface area (Å²) in [5.41, 5.74) is 1.32. The van der Waals surface area contributed by atoms with Crippen molar-refractivity contribution in [2.75, 3.05) is 11.9 Å². The van der Waals surface area contributed by atoms with Gasteiger partial charge in [0, 0.05) is 29.5 Å². The molecular weight excluding hydrogens is 370 g/mol. The lowest BCUT2D eigenvalue weighted by atomic mass is 10.2. The van der Waals surface area contributed by atoms with Crippen LogP contribution in [-0.4, -0.2) is 32.9 Å². The predicted molar refractivity (Wildman–Crippen MR) is 102 cm³/mol. The van der Waals surface area contributed by atoms with Crippen molar-refractivity contribution < 1.29 is 9.59 Å². The first kappa shape index (κ1) is 16.4. The zero-order chi connectivity index (χ0) is 17.9. The van der Waals surface area contributed by atoms with E-state index in [2.05, 4.69) is 20.6 Å². The highest BCUT2D eigenvalue weighted by atomic mass is 32.1. The number of hydrogen-bond acceptors (Lipinski definition) is 6. The van der Waals surface area contributed by atoms with Gasteiger partial charge in [0.2, 0.25) is 5.91 Å². The fraction of sp³-hybridized carbons (Fsp3) is 0.0588. The number of fused-ring (bicyclic) bond motifs is 1. The summed E-state index contributed by atoms with van der Waals surface area (Å²) >= 11 is 2.82. The summed E-state index contributed by atoms with van der Waals surface area (Å²) < 4.78 is 2.83. The van der Waals surface area contributed by atoms with Crippen LogP contribution in [0.25, 0.3) is 15.3 Å². The van der Waals surface area contributed by atoms with Crippen molar-refractivity contribution in [1.82, 2.24) is 19.9 Å². The highest BCUT2D eigenvalue weighted by Gasteiger charge is 2.12. The van der Waals surface area contributed by atoms with E-state index >= 15 is 0 Å². The van der Waals surface area contributed by atoms with Gasteiger partial charge in [-0.15, -0.1) is 11.3 Å². The molecule has 3 heterocycles. The Bertz CT molecular complexity index is 1050. The van der Waals surface area contributed by atoms with E-state index in [0.29, 0.717) is 10.7 Å². The van der Waals surface area contributed by atoms with E-state index in [9.17, 15) is 9.59 Å². The molecule has 26 heavy (non-hydrogen) atoms. The first-order chi connectivity index (χ1) is 12.7. The monoisotopic (exact) mass is 383 g/mol. The molecule has 0 aliphatic rings. The molecule has 0 spiro atoms. The predicted octanol–water partition coefficient (Wildman–Crippen LogP) is 2.91. The van der Waals surface area contributed by atoms with Crippen molar-refractivity contribution in [2.45, 2.75) is 0 Å². The van der Waals surface area contributed by atoms with Crippen molar-refractivity contribution in [3.05, 3.63) is 59.9 Å². The number of aromatic nitrogens is 3. The third kappa shape index (κ3) is 3.48. The Morgan fingerprint density at radius 3 is 2.81 bits per heavy atom. The fourth-order valence-corrected chi connectivity index (χ4v) is 3.85. The Hall–Kier alpha value is -3.04. The van der Waals surface area contributed by atoms with Gasteiger partial charge in [-0.05, 0) is 30.3 Å². The summed E-state index contributed by atoms with van der Waals surface area (Å²) in [6.45, 7) is -0.117. The Kier molecular flexibility index (Phi) is 4.46. The van der Waals surface area contributed by atoms with Crippen LogP contribution >= 0.6 is 22.7 Å². The molecule has 0 unspecified atom stereocenters. The summed E-state index contributed by atoms with van der Waals surface area (Å²) in [5.74, 6) is -0.626. The minimum Gasteiger partial charge on any atom is -0.343 e. The summed E-state index contributed by atoms with van der Waals surface area (Å²) in [6, 6.07) is 9.16. The number of nitrogens with one attached hydrogen (secondary N) is 2. The number of amides is 2. The first-order valence-corrected chi connectivity index (χ1v) is 9.40. The van der Waals surface area contributed by atoms with Gasteiger partial charge in [-0.1, -0.05) is 11.3 Å². The van der Waals surface area contributed by atoms with E-state index < -0.39 is 0 Å². The molecule has 0 bridgehead atoms. The molecule has 0 atom stereocenters. The number of carbonyl (C=O) groups is 2. The molecule has 0 fully saturated rings. The molecule has 1 aromatic carbocycles. The second kappa shape index (κ2) is 7.06. The van der Waals surface area contributed by atoms with Crippen LogP contribution in [0, 0.1) is 0 Å². The van der Waals surface area contributed by atoms with Crippen LogP contribution in [0.2, 0.25) is 0 Å². The number of benzene rings is 1. The summed E-state index contributed by atoms with van der Waals surface area (Å²) in [5, 5.41) is 8.35. The van der Waals surface area contributed by atoms with Gasteiger partial charge in [0.25, 0.3) is 5.91 Å². The van der Waals surface area contributed by atoms with E-state index in [1.807, 2.05) is 35.2 Å². The normalized spacial score (nSPS) is 10.8. The molecule has 2 amide bonds. The molecule has 2 N–H and O–H groups in total. The van der Waals surface area contributed by atoms with Gasteiger partial charge in [-0.25, -0.2) is 9.97 Å². The molecule has 130 valence electrons. The van der Waals surface area contributed by atoms with Gasteiger partial charge >= 0.3 is 0 Å². The number of nitrogens with zero attached hydrogens (tertiary/aromatic N) is 3. The molecule has 9 heteroatoms. The topological polar surface area (TPSA) is 88.9 Å². The fourth-order valence-electron chi connectivity index (χ4n) is 2.34. The second-order valence-electron chi connectivity index (χ2n) is 5.34. The Labute approximate surface area is 156 Å². The minimum absolute atomic E-state index is 0.117. The number of rotatable bonds is 5. The summed E-state index contributed by atoms with van der Waals surface area (Å²) in [7, 11) is 0. The lowest BCUT2D eigenvalue weighted by Crippen LogP contribution is -2.32. The largest absolute Gasteiger partial charge is 0.343 e. The highest BCUT2D eigenvalue weighted by molar-refractivity contribution is 7.20. The Morgan fingerprint density at radius 2 is 2.04 bits per heavy atom. The molecule has 0 radical (unpaired) electrons. The third-order valence-electron chi connectivity index (χ3n) is 3.55. The van der Waals surface area contributed by atoms with Crippen LogP contribution < -0.4 is 10.6 Å². The summed E-state index contributed by atoms with van der Waals surface area (Å²) in [6.07, 6.45) is 5.45. The lowest BCUT2D eigenvalue weighted by molar-refractivity contribution is -0.115. The Morgan fingerprint density at radius 1 is 1.19 bits per heavy atom. The molecule has 0 aliphatic carbocycles. The highest BCUT2D eigenvalue weighted by Crippen LogP contribution is 2.26. The van der Waals surface area contributed by atoms with Gasteiger partial charge in [0.05, 0.1) is 16.8 Å². The van der Waals surface area contributed by atoms with Gasteiger partial charge in [0.15, 0.2) is 10.3 Å². The van der Waals surface area contributed by atoms with Crippen LogP contribution in [0.5, 0.6) is 0 Å². The molecule has 3 aromatic heterocycles. The van der Waals surface area contributed by atoms with Crippen molar-refractivity contribution in [3.63, 3.8) is 0 Å². The van der Waals surface area contributed by atoms with Crippen molar-refractivity contribution in [2.24, 2.45) is 0 Å². The molecule has 0 saturated heterocycles. The second-order valence-corrected chi connectivity index (χ2v) is 7.24. The zero-order valence-corrected chi connectivity index (χ0v) is 15.0. The molecular formula is C17H13N5O2S2. The number of anilines is 1. The smallest absolute Gasteiger partial charge is 0.251 e. The first-order valence-electron chi connectivity index (χ1n) is 7.70. The van der Waals surface area contributed by atoms with Crippen molar-refractivity contribution >= 4 is 49.8 Å². The SMILES string of the molecule is O=C(CNC(=O)c1ccc2nc(-n3cccc3)sc2c1)Nc1nccs1. The third-order valence-corrected chi connectivity index (χ3v) is 5.27. The van der Waals surface area contributed by atoms with Crippen molar-refractivity contribution in [1.29, 1.82) is 0 Å². The van der Waals surface area contributed by atoms with E-state index in [-0.39, 0.29) is 18.4 Å². The number of thiazole rings is 2.